The molecule has 0 saturated heterocycles. The predicted molar refractivity (Wildman–Crippen MR) is 58.2 cm³/mol. The first kappa shape index (κ1) is 10.9. The van der Waals surface area contributed by atoms with E-state index < -0.39 is 0 Å². The number of fused-ring (bicyclic) bond motifs is 2. The van der Waals surface area contributed by atoms with Crippen molar-refractivity contribution in [3.8, 4) is 0 Å². The Balaban J connectivity index is 2.23. The van der Waals surface area contributed by atoms with Crippen molar-refractivity contribution in [2.45, 2.75) is 51.0 Å². The quantitative estimate of drug-likeness (QED) is 0.709. The lowest BCUT2D eigenvalue weighted by atomic mass is 9.61. The fourth-order valence-electron chi connectivity index (χ4n) is 3.63. The summed E-state index contributed by atoms with van der Waals surface area (Å²) in [6.07, 6.45) is 7.28. The first-order valence-corrected chi connectivity index (χ1v) is 6.08. The molecule has 0 unspecified atom stereocenters. The zero-order valence-corrected chi connectivity index (χ0v) is 9.50. The highest BCUT2D eigenvalue weighted by molar-refractivity contribution is 5.66. The fraction of sp³-hybridized carbons (Fsp3) is 0.917. The van der Waals surface area contributed by atoms with Crippen LogP contribution in [-0.4, -0.2) is 18.1 Å². The molecule has 0 amide bonds. The van der Waals surface area contributed by atoms with E-state index in [1.807, 2.05) is 0 Å². The van der Waals surface area contributed by atoms with Gasteiger partial charge < -0.3 is 10.5 Å². The van der Waals surface area contributed by atoms with Gasteiger partial charge in [-0.1, -0.05) is 12.8 Å². The molecule has 3 heteroatoms. The molecule has 0 spiro atoms. The van der Waals surface area contributed by atoms with Gasteiger partial charge in [0.15, 0.2) is 0 Å². The van der Waals surface area contributed by atoms with Gasteiger partial charge in [-0.05, 0) is 25.7 Å². The number of ether oxygens (including phenoxy) is 1. The van der Waals surface area contributed by atoms with Gasteiger partial charge in [-0.15, -0.1) is 0 Å². The third-order valence-electron chi connectivity index (χ3n) is 4.25. The summed E-state index contributed by atoms with van der Waals surface area (Å²) in [6, 6.07) is 0. The largest absolute Gasteiger partial charge is 0.457 e. The van der Waals surface area contributed by atoms with Crippen molar-refractivity contribution in [2.24, 2.45) is 17.6 Å². The van der Waals surface area contributed by atoms with Gasteiger partial charge in [-0.2, -0.15) is 0 Å². The highest BCUT2D eigenvalue weighted by Gasteiger charge is 2.51. The van der Waals surface area contributed by atoms with E-state index in [-0.39, 0.29) is 11.6 Å². The Kier molecular flexibility index (Phi) is 3.01. The van der Waals surface area contributed by atoms with Crippen molar-refractivity contribution < 1.29 is 9.53 Å². The minimum atomic E-state index is -0.317. The summed E-state index contributed by atoms with van der Waals surface area (Å²) in [5, 5.41) is 0. The maximum absolute atomic E-state index is 11.2. The van der Waals surface area contributed by atoms with Gasteiger partial charge in [0.25, 0.3) is 0 Å². The molecule has 0 heterocycles. The van der Waals surface area contributed by atoms with Crippen molar-refractivity contribution in [1.29, 1.82) is 0 Å². The average molecular weight is 211 g/mol. The highest BCUT2D eigenvalue weighted by atomic mass is 16.6. The minimum Gasteiger partial charge on any atom is -0.457 e. The number of hydrogen-bond donors (Lipinski definition) is 1. The second-order valence-corrected chi connectivity index (χ2v) is 5.01. The van der Waals surface area contributed by atoms with Crippen LogP contribution in [0, 0.1) is 11.8 Å². The summed E-state index contributed by atoms with van der Waals surface area (Å²) in [4.78, 5) is 11.2. The Morgan fingerprint density at radius 1 is 1.27 bits per heavy atom. The molecule has 2 aliphatic rings. The van der Waals surface area contributed by atoms with E-state index in [2.05, 4.69) is 0 Å². The van der Waals surface area contributed by atoms with Crippen molar-refractivity contribution in [3.05, 3.63) is 0 Å². The predicted octanol–water partition coefficient (Wildman–Crippen LogP) is 1.85. The minimum absolute atomic E-state index is 0.167. The van der Waals surface area contributed by atoms with Crippen LogP contribution in [0.4, 0.5) is 0 Å². The average Bonchev–Trinajstić information content (AvgIpc) is 2.15. The molecule has 0 radical (unpaired) electrons. The van der Waals surface area contributed by atoms with E-state index in [1.165, 1.54) is 45.4 Å². The Labute approximate surface area is 91.4 Å². The van der Waals surface area contributed by atoms with Gasteiger partial charge in [0, 0.05) is 25.3 Å². The summed E-state index contributed by atoms with van der Waals surface area (Å²) in [6.45, 7) is 2.00. The highest BCUT2D eigenvalue weighted by Crippen LogP contribution is 2.49. The van der Waals surface area contributed by atoms with E-state index in [0.29, 0.717) is 18.4 Å². The Bertz CT molecular complexity index is 230. The van der Waals surface area contributed by atoms with Gasteiger partial charge in [0.1, 0.15) is 5.60 Å². The molecule has 0 aromatic rings. The number of rotatable bonds is 2. The van der Waals surface area contributed by atoms with Crippen LogP contribution in [-0.2, 0) is 9.53 Å². The van der Waals surface area contributed by atoms with Crippen molar-refractivity contribution in [1.82, 2.24) is 0 Å². The maximum Gasteiger partial charge on any atom is 0.303 e. The van der Waals surface area contributed by atoms with Gasteiger partial charge >= 0.3 is 5.97 Å². The SMILES string of the molecule is CC(=O)OC1(CN)C2CCCC1CCC2. The van der Waals surface area contributed by atoms with Gasteiger partial charge in [-0.3, -0.25) is 4.79 Å². The van der Waals surface area contributed by atoms with Crippen molar-refractivity contribution >= 4 is 5.97 Å². The summed E-state index contributed by atoms with van der Waals surface area (Å²) < 4.78 is 5.63. The van der Waals surface area contributed by atoms with Gasteiger partial charge in [-0.25, -0.2) is 0 Å². The van der Waals surface area contributed by atoms with Crippen molar-refractivity contribution in [2.75, 3.05) is 6.54 Å². The van der Waals surface area contributed by atoms with E-state index in [9.17, 15) is 4.79 Å². The van der Waals surface area contributed by atoms with Crippen LogP contribution in [0.5, 0.6) is 0 Å². The Morgan fingerprint density at radius 3 is 2.07 bits per heavy atom. The van der Waals surface area contributed by atoms with Crippen LogP contribution in [0.25, 0.3) is 0 Å². The van der Waals surface area contributed by atoms with Crippen LogP contribution in [0.2, 0.25) is 0 Å². The van der Waals surface area contributed by atoms with Crippen LogP contribution >= 0.6 is 0 Å². The van der Waals surface area contributed by atoms with Crippen LogP contribution in [0.1, 0.15) is 45.4 Å². The molecule has 0 aliphatic heterocycles. The van der Waals surface area contributed by atoms with Crippen molar-refractivity contribution in [3.63, 3.8) is 0 Å². The van der Waals surface area contributed by atoms with E-state index in [0.717, 1.165) is 0 Å². The normalized spacial score (nSPS) is 39.9. The molecule has 2 rings (SSSR count). The van der Waals surface area contributed by atoms with E-state index in [1.54, 1.807) is 0 Å². The molecule has 0 aromatic heterocycles. The fourth-order valence-corrected chi connectivity index (χ4v) is 3.63. The molecular weight excluding hydrogens is 190 g/mol. The molecule has 2 N–H and O–H groups in total. The Hall–Kier alpha value is -0.570. The topological polar surface area (TPSA) is 52.3 Å². The molecule has 15 heavy (non-hydrogen) atoms. The van der Waals surface area contributed by atoms with Gasteiger partial charge in [0.05, 0.1) is 0 Å². The number of carbonyl (C=O) groups is 1. The monoisotopic (exact) mass is 211 g/mol. The van der Waals surface area contributed by atoms with E-state index >= 15 is 0 Å². The third kappa shape index (κ3) is 1.78. The second-order valence-electron chi connectivity index (χ2n) is 5.01. The van der Waals surface area contributed by atoms with Crippen LogP contribution < -0.4 is 5.73 Å². The summed E-state index contributed by atoms with van der Waals surface area (Å²) >= 11 is 0. The summed E-state index contributed by atoms with van der Waals surface area (Å²) in [7, 11) is 0. The molecule has 2 fully saturated rings. The zero-order chi connectivity index (χ0) is 10.9. The third-order valence-corrected chi connectivity index (χ3v) is 4.25. The lowest BCUT2D eigenvalue weighted by Crippen LogP contribution is -2.57. The molecule has 2 saturated carbocycles. The Morgan fingerprint density at radius 2 is 1.73 bits per heavy atom. The number of carbonyl (C=O) groups excluding carboxylic acids is 1. The van der Waals surface area contributed by atoms with Crippen LogP contribution in [0.15, 0.2) is 0 Å². The molecule has 2 aliphatic carbocycles. The zero-order valence-electron chi connectivity index (χ0n) is 9.50. The van der Waals surface area contributed by atoms with Gasteiger partial charge in [0.2, 0.25) is 0 Å². The molecule has 0 aromatic carbocycles. The standard InChI is InChI=1S/C12H21NO2/c1-9(14)15-12(8-13)10-4-2-5-11(12)7-3-6-10/h10-11H,2-8,13H2,1H3. The molecule has 0 atom stereocenters. The number of hydrogen-bond acceptors (Lipinski definition) is 3. The number of esters is 1. The van der Waals surface area contributed by atoms with Crippen LogP contribution in [0.3, 0.4) is 0 Å². The maximum atomic E-state index is 11.2. The molecule has 2 bridgehead atoms. The molecule has 86 valence electrons. The lowest BCUT2D eigenvalue weighted by Gasteiger charge is -2.51. The summed E-state index contributed by atoms with van der Waals surface area (Å²) in [5.41, 5.74) is 5.58. The number of nitrogens with two attached hydrogens (primary N) is 1. The first-order valence-electron chi connectivity index (χ1n) is 6.08. The molecule has 3 nitrogen and oxygen atoms in total. The molecular formula is C12H21NO2. The summed E-state index contributed by atoms with van der Waals surface area (Å²) in [5.74, 6) is 0.858. The first-order chi connectivity index (χ1) is 7.19. The second kappa shape index (κ2) is 4.12. The lowest BCUT2D eigenvalue weighted by molar-refractivity contribution is -0.183. The van der Waals surface area contributed by atoms with E-state index in [4.69, 9.17) is 10.5 Å². The smallest absolute Gasteiger partial charge is 0.303 e.